The maximum Gasteiger partial charge on any atom is 0.227 e. The first-order valence-corrected chi connectivity index (χ1v) is 12.2. The van der Waals surface area contributed by atoms with Gasteiger partial charge in [0.2, 0.25) is 5.91 Å². The Bertz CT molecular complexity index is 1150. The summed E-state index contributed by atoms with van der Waals surface area (Å²) in [4.78, 5) is 21.8. The highest BCUT2D eigenvalue weighted by molar-refractivity contribution is 7.90. The molecule has 2 aromatic carbocycles. The van der Waals surface area contributed by atoms with Crippen molar-refractivity contribution < 1.29 is 13.2 Å². The molecule has 152 valence electrons. The van der Waals surface area contributed by atoms with Gasteiger partial charge in [-0.15, -0.1) is 0 Å². The predicted molar refractivity (Wildman–Crippen MR) is 116 cm³/mol. The molecule has 0 spiro atoms. The highest BCUT2D eigenvalue weighted by Gasteiger charge is 2.23. The van der Waals surface area contributed by atoms with Crippen LogP contribution in [0.25, 0.3) is 10.2 Å². The van der Waals surface area contributed by atoms with Gasteiger partial charge in [-0.2, -0.15) is 0 Å². The van der Waals surface area contributed by atoms with E-state index < -0.39 is 9.84 Å². The second-order valence-corrected chi connectivity index (χ2v) is 10.5. The van der Waals surface area contributed by atoms with Crippen LogP contribution >= 0.6 is 11.3 Å². The third kappa shape index (κ3) is 4.43. The van der Waals surface area contributed by atoms with E-state index in [9.17, 15) is 13.2 Å². The number of hydrogen-bond acceptors (Lipinski definition) is 6. The molecule has 1 aliphatic heterocycles. The molecule has 1 aliphatic rings. The highest BCUT2D eigenvalue weighted by atomic mass is 32.2. The lowest BCUT2D eigenvalue weighted by Gasteiger charge is -2.34. The molecule has 0 aliphatic carbocycles. The third-order valence-electron chi connectivity index (χ3n) is 5.14. The molecule has 29 heavy (non-hydrogen) atoms. The molecule has 0 saturated carbocycles. The first kappa shape index (κ1) is 19.8. The summed E-state index contributed by atoms with van der Waals surface area (Å²) in [5.74, 6) is 0.0664. The fourth-order valence-corrected chi connectivity index (χ4v) is 5.19. The van der Waals surface area contributed by atoms with E-state index in [2.05, 4.69) is 30.0 Å². The molecule has 0 bridgehead atoms. The molecular formula is C21H23N3O3S2. The summed E-state index contributed by atoms with van der Waals surface area (Å²) in [5, 5.41) is 1.01. The Morgan fingerprint density at radius 1 is 1.07 bits per heavy atom. The zero-order chi connectivity index (χ0) is 20.6. The summed E-state index contributed by atoms with van der Waals surface area (Å²) in [6.45, 7) is 4.93. The zero-order valence-corrected chi connectivity index (χ0v) is 18.1. The average molecular weight is 430 g/mol. The van der Waals surface area contributed by atoms with Crippen LogP contribution < -0.4 is 4.90 Å². The van der Waals surface area contributed by atoms with E-state index in [0.29, 0.717) is 13.1 Å². The summed E-state index contributed by atoms with van der Waals surface area (Å²) in [7, 11) is -3.22. The largest absolute Gasteiger partial charge is 0.345 e. The molecule has 4 rings (SSSR count). The van der Waals surface area contributed by atoms with Crippen LogP contribution in [-0.2, 0) is 21.1 Å². The lowest BCUT2D eigenvalue weighted by Crippen LogP contribution is -2.49. The number of carbonyl (C=O) groups excluding carboxylic acids is 1. The summed E-state index contributed by atoms with van der Waals surface area (Å²) in [6.07, 6.45) is 1.46. The summed E-state index contributed by atoms with van der Waals surface area (Å²) < 4.78 is 24.3. The van der Waals surface area contributed by atoms with Crippen LogP contribution in [0.3, 0.4) is 0 Å². The number of amides is 1. The fourth-order valence-electron chi connectivity index (χ4n) is 3.44. The maximum atomic E-state index is 12.6. The minimum absolute atomic E-state index is 0.0664. The summed E-state index contributed by atoms with van der Waals surface area (Å²) >= 11 is 1.70. The topological polar surface area (TPSA) is 70.6 Å². The zero-order valence-electron chi connectivity index (χ0n) is 16.5. The first-order chi connectivity index (χ1) is 13.8. The molecule has 3 aromatic rings. The van der Waals surface area contributed by atoms with Gasteiger partial charge in [-0.05, 0) is 42.3 Å². The van der Waals surface area contributed by atoms with E-state index in [1.54, 1.807) is 35.6 Å². The number of nitrogens with zero attached hydrogens (tertiary/aromatic N) is 3. The molecule has 6 nitrogen and oxygen atoms in total. The smallest absolute Gasteiger partial charge is 0.227 e. The monoisotopic (exact) mass is 429 g/mol. The number of aromatic nitrogens is 1. The number of fused-ring (bicyclic) bond motifs is 1. The second kappa shape index (κ2) is 7.76. The minimum atomic E-state index is -3.22. The van der Waals surface area contributed by atoms with Crippen molar-refractivity contribution in [3.63, 3.8) is 0 Å². The standard InChI is InChI=1S/C21H23N3O3S2/c1-15-3-8-18-19(13-15)28-21(22-18)24-11-9-23(10-12-24)20(25)14-16-4-6-17(7-5-16)29(2,26)27/h3-8,13H,9-12,14H2,1-2H3. The predicted octanol–water partition coefficient (Wildman–Crippen LogP) is 2.90. The van der Waals surface area contributed by atoms with Crippen LogP contribution in [0.4, 0.5) is 5.13 Å². The number of carbonyl (C=O) groups is 1. The van der Waals surface area contributed by atoms with Crippen LogP contribution in [-0.4, -0.2) is 56.6 Å². The SMILES string of the molecule is Cc1ccc2nc(N3CCN(C(=O)Cc4ccc(S(C)(=O)=O)cc4)CC3)sc2c1. The van der Waals surface area contributed by atoms with Crippen molar-refractivity contribution in [2.45, 2.75) is 18.2 Å². The number of benzene rings is 2. The molecule has 1 saturated heterocycles. The quantitative estimate of drug-likeness (QED) is 0.638. The number of piperazine rings is 1. The van der Waals surface area contributed by atoms with E-state index >= 15 is 0 Å². The van der Waals surface area contributed by atoms with Gasteiger partial charge in [-0.3, -0.25) is 4.79 Å². The normalized spacial score (nSPS) is 15.1. The van der Waals surface area contributed by atoms with Gasteiger partial charge in [-0.25, -0.2) is 13.4 Å². The van der Waals surface area contributed by atoms with Crippen molar-refractivity contribution in [1.29, 1.82) is 0 Å². The van der Waals surface area contributed by atoms with Gasteiger partial charge in [-0.1, -0.05) is 29.5 Å². The molecule has 0 atom stereocenters. The molecule has 1 fully saturated rings. The van der Waals surface area contributed by atoms with Crippen LogP contribution in [0.1, 0.15) is 11.1 Å². The number of hydrogen-bond donors (Lipinski definition) is 0. The van der Waals surface area contributed by atoms with Crippen LogP contribution in [0, 0.1) is 6.92 Å². The van der Waals surface area contributed by atoms with Gasteiger partial charge in [0, 0.05) is 32.4 Å². The Labute approximate surface area is 174 Å². The molecule has 1 aromatic heterocycles. The maximum absolute atomic E-state index is 12.6. The number of rotatable bonds is 4. The summed E-state index contributed by atoms with van der Waals surface area (Å²) in [5.41, 5.74) is 3.07. The van der Waals surface area contributed by atoms with Gasteiger partial charge >= 0.3 is 0 Å². The van der Waals surface area contributed by atoms with Gasteiger partial charge in [0.1, 0.15) is 0 Å². The van der Waals surface area contributed by atoms with Gasteiger partial charge in [0.15, 0.2) is 15.0 Å². The van der Waals surface area contributed by atoms with E-state index in [1.807, 2.05) is 4.90 Å². The van der Waals surface area contributed by atoms with Crippen molar-refractivity contribution >= 4 is 42.4 Å². The Hall–Kier alpha value is -2.45. The molecule has 2 heterocycles. The number of thiazole rings is 1. The lowest BCUT2D eigenvalue weighted by atomic mass is 10.1. The Balaban J connectivity index is 1.36. The Morgan fingerprint density at radius 2 is 1.76 bits per heavy atom. The minimum Gasteiger partial charge on any atom is -0.345 e. The van der Waals surface area contributed by atoms with Crippen LogP contribution in [0.2, 0.25) is 0 Å². The van der Waals surface area contributed by atoms with Crippen molar-refractivity contribution in [2.24, 2.45) is 0 Å². The highest BCUT2D eigenvalue weighted by Crippen LogP contribution is 2.30. The van der Waals surface area contributed by atoms with Gasteiger partial charge in [0.25, 0.3) is 0 Å². The Morgan fingerprint density at radius 3 is 2.41 bits per heavy atom. The van der Waals surface area contributed by atoms with Crippen molar-refractivity contribution in [1.82, 2.24) is 9.88 Å². The fraction of sp³-hybridized carbons (Fsp3) is 0.333. The van der Waals surface area contributed by atoms with E-state index in [-0.39, 0.29) is 17.2 Å². The molecule has 8 heteroatoms. The molecule has 0 N–H and O–H groups in total. The molecule has 0 radical (unpaired) electrons. The van der Waals surface area contributed by atoms with Gasteiger partial charge < -0.3 is 9.80 Å². The molecule has 0 unspecified atom stereocenters. The van der Waals surface area contributed by atoms with E-state index in [4.69, 9.17) is 4.98 Å². The average Bonchev–Trinajstić information content (AvgIpc) is 3.11. The Kier molecular flexibility index (Phi) is 5.31. The third-order valence-corrected chi connectivity index (χ3v) is 7.35. The number of aryl methyl sites for hydroxylation is 1. The van der Waals surface area contributed by atoms with Gasteiger partial charge in [0.05, 0.1) is 21.5 Å². The first-order valence-electron chi connectivity index (χ1n) is 9.48. The lowest BCUT2D eigenvalue weighted by molar-refractivity contribution is -0.130. The number of anilines is 1. The van der Waals surface area contributed by atoms with Crippen molar-refractivity contribution in [3.05, 3.63) is 53.6 Å². The number of sulfone groups is 1. The molecule has 1 amide bonds. The van der Waals surface area contributed by atoms with E-state index in [0.717, 1.165) is 29.3 Å². The van der Waals surface area contributed by atoms with Crippen molar-refractivity contribution in [2.75, 3.05) is 37.3 Å². The summed E-state index contributed by atoms with van der Waals surface area (Å²) in [6, 6.07) is 12.8. The van der Waals surface area contributed by atoms with E-state index in [1.165, 1.54) is 16.5 Å². The molecular weight excluding hydrogens is 406 g/mol. The second-order valence-electron chi connectivity index (χ2n) is 7.43. The van der Waals surface area contributed by atoms with Crippen LogP contribution in [0.15, 0.2) is 47.4 Å². The van der Waals surface area contributed by atoms with Crippen molar-refractivity contribution in [3.8, 4) is 0 Å². The van der Waals surface area contributed by atoms with Crippen LogP contribution in [0.5, 0.6) is 0 Å².